The van der Waals surface area contributed by atoms with Crippen molar-refractivity contribution in [1.29, 1.82) is 0 Å². The molecule has 4 bridgehead atoms. The maximum atomic E-state index is 2.58. The summed E-state index contributed by atoms with van der Waals surface area (Å²) in [6, 6.07) is 14.9. The van der Waals surface area contributed by atoms with Crippen molar-refractivity contribution in [3.63, 3.8) is 0 Å². The normalized spacial score (nSPS) is 32.8. The molecule has 0 amide bonds. The van der Waals surface area contributed by atoms with Gasteiger partial charge >= 0.3 is 0 Å². The summed E-state index contributed by atoms with van der Waals surface area (Å²) < 4.78 is 0. The number of hydrogen-bond donors (Lipinski definition) is 0. The predicted molar refractivity (Wildman–Crippen MR) is 139 cm³/mol. The molecule has 0 N–H and O–H groups in total. The van der Waals surface area contributed by atoms with Crippen LogP contribution in [0.5, 0.6) is 0 Å². The Bertz CT molecular complexity index is 1040. The maximum absolute atomic E-state index is 2.58. The van der Waals surface area contributed by atoms with Crippen molar-refractivity contribution in [2.24, 2.45) is 23.7 Å². The minimum absolute atomic E-state index is 0.509. The summed E-state index contributed by atoms with van der Waals surface area (Å²) in [5.41, 5.74) is 11.3. The zero-order valence-electron chi connectivity index (χ0n) is 20.5. The average Bonchev–Trinajstić information content (AvgIpc) is 3.20. The Morgan fingerprint density at radius 2 is 1.48 bits per heavy atom. The van der Waals surface area contributed by atoms with Gasteiger partial charge in [-0.15, -0.1) is 0 Å². The summed E-state index contributed by atoms with van der Waals surface area (Å²) in [6.45, 7) is 2.28. The number of aryl methyl sites for hydroxylation is 1. The lowest BCUT2D eigenvalue weighted by molar-refractivity contribution is -0.00518. The van der Waals surface area contributed by atoms with Crippen LogP contribution in [0.4, 0.5) is 0 Å². The first-order valence-corrected chi connectivity index (χ1v) is 14.1. The fourth-order valence-corrected chi connectivity index (χ4v) is 9.29. The van der Waals surface area contributed by atoms with E-state index in [0.717, 1.165) is 23.7 Å². The van der Waals surface area contributed by atoms with Crippen LogP contribution >= 0.6 is 0 Å². The Morgan fingerprint density at radius 3 is 2.15 bits per heavy atom. The van der Waals surface area contributed by atoms with Gasteiger partial charge in [-0.1, -0.05) is 85.7 Å². The molecule has 0 saturated heterocycles. The quantitative estimate of drug-likeness (QED) is 0.448. The highest BCUT2D eigenvalue weighted by Gasteiger charge is 2.51. The van der Waals surface area contributed by atoms with E-state index < -0.39 is 0 Å². The fraction of sp³-hybridized carbons (Fsp3) is 0.576. The number of rotatable bonds is 4. The van der Waals surface area contributed by atoms with Crippen molar-refractivity contribution in [3.8, 4) is 11.1 Å². The molecule has 0 atom stereocenters. The van der Waals surface area contributed by atoms with Crippen molar-refractivity contribution < 1.29 is 0 Å². The first-order chi connectivity index (χ1) is 16.1. The van der Waals surface area contributed by atoms with Crippen LogP contribution in [0.15, 0.2) is 42.0 Å². The highest BCUT2D eigenvalue weighted by atomic mass is 14.6. The van der Waals surface area contributed by atoms with Gasteiger partial charge in [0.05, 0.1) is 0 Å². The van der Waals surface area contributed by atoms with Gasteiger partial charge in [0.1, 0.15) is 0 Å². The summed E-state index contributed by atoms with van der Waals surface area (Å²) in [6.07, 6.45) is 21.3. The minimum atomic E-state index is 0.509. The third-order valence-electron chi connectivity index (χ3n) is 10.3. The zero-order valence-corrected chi connectivity index (χ0v) is 20.5. The topological polar surface area (TPSA) is 0 Å². The Kier molecular flexibility index (Phi) is 4.89. The van der Waals surface area contributed by atoms with Crippen molar-refractivity contribution in [2.75, 3.05) is 0 Å². The van der Waals surface area contributed by atoms with E-state index in [1.165, 1.54) is 106 Å². The van der Waals surface area contributed by atoms with E-state index in [2.05, 4.69) is 49.4 Å². The van der Waals surface area contributed by atoms with Crippen LogP contribution in [0.2, 0.25) is 0 Å². The van der Waals surface area contributed by atoms with Gasteiger partial charge in [0.25, 0.3) is 0 Å². The van der Waals surface area contributed by atoms with E-state index in [1.54, 1.807) is 16.7 Å². The van der Waals surface area contributed by atoms with Crippen molar-refractivity contribution in [1.82, 2.24) is 0 Å². The van der Waals surface area contributed by atoms with Crippen LogP contribution in [-0.4, -0.2) is 0 Å². The second-order valence-corrected chi connectivity index (χ2v) is 12.8. The van der Waals surface area contributed by atoms with E-state index >= 15 is 0 Å². The molecule has 0 aliphatic heterocycles. The molecule has 8 rings (SSSR count). The van der Waals surface area contributed by atoms with Crippen LogP contribution < -0.4 is 0 Å². The van der Waals surface area contributed by atoms with Crippen LogP contribution in [0, 0.1) is 30.6 Å². The molecular weight excluding hydrogens is 396 g/mol. The van der Waals surface area contributed by atoms with Crippen molar-refractivity contribution in [2.45, 2.75) is 95.8 Å². The Balaban J connectivity index is 1.18. The van der Waals surface area contributed by atoms with Gasteiger partial charge in [0.15, 0.2) is 0 Å². The van der Waals surface area contributed by atoms with Crippen LogP contribution in [0.3, 0.4) is 0 Å². The summed E-state index contributed by atoms with van der Waals surface area (Å²) in [5, 5.41) is 0. The number of fused-ring (bicyclic) bond motifs is 1. The number of allylic oxidation sites excluding steroid dienone is 1. The lowest BCUT2D eigenvalue weighted by Crippen LogP contribution is -2.48. The molecule has 0 heteroatoms. The molecular formula is C33H40. The predicted octanol–water partition coefficient (Wildman–Crippen LogP) is 9.04. The van der Waals surface area contributed by atoms with Crippen molar-refractivity contribution in [3.05, 3.63) is 64.2 Å². The zero-order chi connectivity index (χ0) is 22.0. The molecule has 172 valence electrons. The molecule has 6 aliphatic carbocycles. The van der Waals surface area contributed by atoms with Gasteiger partial charge in [-0.3, -0.25) is 0 Å². The third-order valence-corrected chi connectivity index (χ3v) is 10.3. The fourth-order valence-electron chi connectivity index (χ4n) is 9.29. The maximum Gasteiger partial charge on any atom is -0.00391 e. The monoisotopic (exact) mass is 436 g/mol. The van der Waals surface area contributed by atoms with Gasteiger partial charge in [0, 0.05) is 0 Å². The summed E-state index contributed by atoms with van der Waals surface area (Å²) in [4.78, 5) is 0. The van der Waals surface area contributed by atoms with Gasteiger partial charge in [-0.2, -0.15) is 0 Å². The molecule has 0 unspecified atom stereocenters. The first-order valence-electron chi connectivity index (χ1n) is 14.1. The highest BCUT2D eigenvalue weighted by molar-refractivity contribution is 5.81. The van der Waals surface area contributed by atoms with E-state index in [0.29, 0.717) is 5.41 Å². The van der Waals surface area contributed by atoms with Gasteiger partial charge in [-0.05, 0) is 115 Å². The van der Waals surface area contributed by atoms with E-state index in [4.69, 9.17) is 0 Å². The average molecular weight is 437 g/mol. The Morgan fingerprint density at radius 1 is 0.818 bits per heavy atom. The lowest BCUT2D eigenvalue weighted by Gasteiger charge is -2.57. The van der Waals surface area contributed by atoms with E-state index in [9.17, 15) is 0 Å². The molecule has 0 nitrogen and oxygen atoms in total. The Labute approximate surface area is 200 Å². The molecule has 33 heavy (non-hydrogen) atoms. The van der Waals surface area contributed by atoms with Crippen LogP contribution in [0.1, 0.15) is 99.3 Å². The van der Waals surface area contributed by atoms with Crippen LogP contribution in [0.25, 0.3) is 17.2 Å². The summed E-state index contributed by atoms with van der Waals surface area (Å²) >= 11 is 0. The SMILES string of the molecule is Cc1cc2c(c(-c3ccc(C45CC6CC(CC(C6)C4)C5)cc3)c1)C=C(CC1CCCCC1)C2. The molecule has 5 saturated carbocycles. The molecule has 5 fully saturated rings. The van der Waals surface area contributed by atoms with Gasteiger partial charge in [-0.25, -0.2) is 0 Å². The molecule has 0 radical (unpaired) electrons. The van der Waals surface area contributed by atoms with Crippen molar-refractivity contribution >= 4 is 6.08 Å². The third kappa shape index (κ3) is 3.64. The largest absolute Gasteiger partial charge is 0.0649 e. The minimum Gasteiger partial charge on any atom is -0.0649 e. The smallest absolute Gasteiger partial charge is 0.00391 e. The standard InChI is InChI=1S/C33H40/c1-22-11-29-17-24(13-23-5-3-2-4-6-23)18-32(29)31(12-22)28-7-9-30(10-8-28)33-19-25-14-26(20-33)16-27(15-25)21-33/h7-12,18,23,25-27H,2-6,13-17,19-21H2,1H3. The summed E-state index contributed by atoms with van der Waals surface area (Å²) in [5.74, 6) is 3.99. The molecule has 6 aliphatic rings. The van der Waals surface area contributed by atoms with Gasteiger partial charge in [0.2, 0.25) is 0 Å². The molecule has 2 aromatic rings. The number of hydrogen-bond acceptors (Lipinski definition) is 0. The first kappa shape index (κ1) is 20.5. The molecule has 0 aromatic heterocycles. The van der Waals surface area contributed by atoms with Gasteiger partial charge < -0.3 is 0 Å². The molecule has 0 heterocycles. The second-order valence-electron chi connectivity index (χ2n) is 12.8. The second kappa shape index (κ2) is 7.86. The lowest BCUT2D eigenvalue weighted by atomic mass is 9.48. The molecule has 2 aromatic carbocycles. The molecule has 0 spiro atoms. The Hall–Kier alpha value is -1.82. The van der Waals surface area contributed by atoms with Crippen LogP contribution in [-0.2, 0) is 11.8 Å². The van der Waals surface area contributed by atoms with E-state index in [-0.39, 0.29) is 0 Å². The number of benzene rings is 2. The van der Waals surface area contributed by atoms with E-state index in [1.807, 2.05) is 0 Å². The highest BCUT2D eigenvalue weighted by Crippen LogP contribution is 2.60. The summed E-state index contributed by atoms with van der Waals surface area (Å²) in [7, 11) is 0.